The second kappa shape index (κ2) is 5.57. The van der Waals surface area contributed by atoms with E-state index in [1.54, 1.807) is 0 Å². The number of methoxy groups -OCH3 is 1. The molecular formula is C14H28N2O2. The van der Waals surface area contributed by atoms with Crippen molar-refractivity contribution in [3.05, 3.63) is 0 Å². The molecule has 0 aromatic rings. The number of rotatable bonds is 5. The van der Waals surface area contributed by atoms with Crippen LogP contribution in [0.3, 0.4) is 0 Å². The van der Waals surface area contributed by atoms with Crippen molar-refractivity contribution < 1.29 is 9.53 Å². The number of ether oxygens (including phenoxy) is 1. The number of likely N-dealkylation sites (tertiary alicyclic amines) is 1. The van der Waals surface area contributed by atoms with Crippen molar-refractivity contribution in [2.24, 2.45) is 5.41 Å². The Morgan fingerprint density at radius 1 is 1.50 bits per heavy atom. The molecular weight excluding hydrogens is 228 g/mol. The van der Waals surface area contributed by atoms with Gasteiger partial charge in [0.2, 0.25) is 0 Å². The molecule has 0 spiro atoms. The highest BCUT2D eigenvalue weighted by Gasteiger charge is 2.39. The van der Waals surface area contributed by atoms with Crippen molar-refractivity contribution in [1.82, 2.24) is 10.2 Å². The molecule has 18 heavy (non-hydrogen) atoms. The minimum absolute atomic E-state index is 0.180. The molecule has 106 valence electrons. The summed E-state index contributed by atoms with van der Waals surface area (Å²) in [6, 6.07) is 0.254. The van der Waals surface area contributed by atoms with Crippen LogP contribution < -0.4 is 5.32 Å². The van der Waals surface area contributed by atoms with Gasteiger partial charge in [-0.05, 0) is 39.2 Å². The molecule has 1 atom stereocenters. The summed E-state index contributed by atoms with van der Waals surface area (Å²) in [6.07, 6.45) is 1.19. The zero-order chi connectivity index (χ0) is 14.0. The molecule has 4 heteroatoms. The second-order valence-electron chi connectivity index (χ2n) is 6.75. The van der Waals surface area contributed by atoms with Crippen molar-refractivity contribution in [2.45, 2.75) is 52.6 Å². The lowest BCUT2D eigenvalue weighted by molar-refractivity contribution is -0.149. The molecule has 1 heterocycles. The molecule has 1 N–H and O–H groups in total. The largest absolute Gasteiger partial charge is 0.468 e. The van der Waals surface area contributed by atoms with Crippen LogP contribution in [0, 0.1) is 5.41 Å². The standard InChI is InChI=1S/C14H28N2O2/c1-11(2)15-14(5,12(17)18-6)10-16-8-7-13(3,4)9-16/h11,15H,7-10H2,1-6H3. The fourth-order valence-electron chi connectivity index (χ4n) is 2.84. The summed E-state index contributed by atoms with van der Waals surface area (Å²) in [5, 5.41) is 3.34. The van der Waals surface area contributed by atoms with Gasteiger partial charge in [0.05, 0.1) is 7.11 Å². The molecule has 0 aliphatic carbocycles. The van der Waals surface area contributed by atoms with Crippen LogP contribution in [0.2, 0.25) is 0 Å². The highest BCUT2D eigenvalue weighted by atomic mass is 16.5. The monoisotopic (exact) mass is 256 g/mol. The van der Waals surface area contributed by atoms with Crippen LogP contribution in [-0.2, 0) is 9.53 Å². The number of nitrogens with one attached hydrogen (secondary N) is 1. The summed E-state index contributed by atoms with van der Waals surface area (Å²) in [5.74, 6) is -0.180. The minimum atomic E-state index is -0.622. The van der Waals surface area contributed by atoms with Gasteiger partial charge in [-0.3, -0.25) is 10.1 Å². The lowest BCUT2D eigenvalue weighted by Crippen LogP contribution is -2.59. The highest BCUT2D eigenvalue weighted by molar-refractivity contribution is 5.80. The number of nitrogens with zero attached hydrogens (tertiary/aromatic N) is 1. The van der Waals surface area contributed by atoms with E-state index in [1.807, 2.05) is 6.92 Å². The summed E-state index contributed by atoms with van der Waals surface area (Å²) in [4.78, 5) is 14.4. The molecule has 1 aliphatic heterocycles. The van der Waals surface area contributed by atoms with Gasteiger partial charge in [0, 0.05) is 19.1 Å². The molecule has 1 aliphatic rings. The summed E-state index contributed by atoms with van der Waals surface area (Å²) < 4.78 is 4.95. The van der Waals surface area contributed by atoms with Crippen LogP contribution in [-0.4, -0.2) is 49.2 Å². The Morgan fingerprint density at radius 3 is 2.50 bits per heavy atom. The topological polar surface area (TPSA) is 41.6 Å². The predicted octanol–water partition coefficient (Wildman–Crippen LogP) is 1.65. The average molecular weight is 256 g/mol. The Morgan fingerprint density at radius 2 is 2.11 bits per heavy atom. The van der Waals surface area contributed by atoms with Gasteiger partial charge >= 0.3 is 5.97 Å². The molecule has 0 radical (unpaired) electrons. The van der Waals surface area contributed by atoms with Crippen LogP contribution in [0.1, 0.15) is 41.0 Å². The number of esters is 1. The van der Waals surface area contributed by atoms with E-state index in [2.05, 4.69) is 37.9 Å². The zero-order valence-electron chi connectivity index (χ0n) is 12.7. The summed E-state index contributed by atoms with van der Waals surface area (Å²) >= 11 is 0. The van der Waals surface area contributed by atoms with E-state index < -0.39 is 5.54 Å². The lowest BCUT2D eigenvalue weighted by Gasteiger charge is -2.34. The maximum absolute atomic E-state index is 12.0. The fraction of sp³-hybridized carbons (Fsp3) is 0.929. The van der Waals surface area contributed by atoms with Crippen LogP contribution in [0.25, 0.3) is 0 Å². The summed E-state index contributed by atoms with van der Waals surface area (Å²) in [6.45, 7) is 13.4. The molecule has 1 saturated heterocycles. The summed E-state index contributed by atoms with van der Waals surface area (Å²) in [5.41, 5.74) is -0.266. The van der Waals surface area contributed by atoms with Crippen LogP contribution in [0.15, 0.2) is 0 Å². The normalized spacial score (nSPS) is 23.1. The van der Waals surface area contributed by atoms with Crippen LogP contribution in [0.5, 0.6) is 0 Å². The fourth-order valence-corrected chi connectivity index (χ4v) is 2.84. The molecule has 0 saturated carbocycles. The smallest absolute Gasteiger partial charge is 0.327 e. The van der Waals surface area contributed by atoms with Gasteiger partial charge in [-0.2, -0.15) is 0 Å². The molecule has 1 rings (SSSR count). The van der Waals surface area contributed by atoms with E-state index in [0.717, 1.165) is 13.1 Å². The van der Waals surface area contributed by atoms with Crippen molar-refractivity contribution >= 4 is 5.97 Å². The lowest BCUT2D eigenvalue weighted by atomic mass is 9.93. The van der Waals surface area contributed by atoms with Crippen molar-refractivity contribution in [2.75, 3.05) is 26.7 Å². The van der Waals surface area contributed by atoms with Gasteiger partial charge < -0.3 is 9.64 Å². The molecule has 0 amide bonds. The first-order chi connectivity index (χ1) is 8.18. The van der Waals surface area contributed by atoms with Crippen molar-refractivity contribution in [3.8, 4) is 0 Å². The summed E-state index contributed by atoms with van der Waals surface area (Å²) in [7, 11) is 1.45. The van der Waals surface area contributed by atoms with E-state index in [0.29, 0.717) is 12.0 Å². The van der Waals surface area contributed by atoms with E-state index in [4.69, 9.17) is 4.74 Å². The van der Waals surface area contributed by atoms with Gasteiger partial charge in [0.1, 0.15) is 5.54 Å². The number of hydrogen-bond donors (Lipinski definition) is 1. The zero-order valence-corrected chi connectivity index (χ0v) is 12.7. The Kier molecular flexibility index (Phi) is 4.78. The van der Waals surface area contributed by atoms with Crippen LogP contribution in [0.4, 0.5) is 0 Å². The van der Waals surface area contributed by atoms with Crippen molar-refractivity contribution in [3.63, 3.8) is 0 Å². The van der Waals surface area contributed by atoms with Gasteiger partial charge in [-0.1, -0.05) is 13.8 Å². The third-order valence-corrected chi connectivity index (χ3v) is 3.54. The van der Waals surface area contributed by atoms with E-state index in [9.17, 15) is 4.79 Å². The van der Waals surface area contributed by atoms with Crippen molar-refractivity contribution in [1.29, 1.82) is 0 Å². The highest BCUT2D eigenvalue weighted by Crippen LogP contribution is 2.29. The Hall–Kier alpha value is -0.610. The van der Waals surface area contributed by atoms with Gasteiger partial charge in [0.25, 0.3) is 0 Å². The molecule has 4 nitrogen and oxygen atoms in total. The maximum Gasteiger partial charge on any atom is 0.327 e. The number of hydrogen-bond acceptors (Lipinski definition) is 4. The van der Waals surface area contributed by atoms with E-state index in [-0.39, 0.29) is 12.0 Å². The quantitative estimate of drug-likeness (QED) is 0.759. The van der Waals surface area contributed by atoms with Crippen LogP contribution >= 0.6 is 0 Å². The Balaban J connectivity index is 2.70. The molecule has 0 aromatic carbocycles. The van der Waals surface area contributed by atoms with Gasteiger partial charge in [-0.25, -0.2) is 0 Å². The second-order valence-corrected chi connectivity index (χ2v) is 6.75. The first kappa shape index (κ1) is 15.4. The number of carbonyl (C=O) groups is 1. The Bertz CT molecular complexity index is 302. The SMILES string of the molecule is COC(=O)C(C)(CN1CCC(C)(C)C1)NC(C)C. The molecule has 0 bridgehead atoms. The third-order valence-electron chi connectivity index (χ3n) is 3.54. The van der Waals surface area contributed by atoms with Gasteiger partial charge in [-0.15, -0.1) is 0 Å². The van der Waals surface area contributed by atoms with E-state index >= 15 is 0 Å². The maximum atomic E-state index is 12.0. The number of carbonyl (C=O) groups excluding carboxylic acids is 1. The predicted molar refractivity (Wildman–Crippen MR) is 73.5 cm³/mol. The van der Waals surface area contributed by atoms with E-state index in [1.165, 1.54) is 13.5 Å². The first-order valence-corrected chi connectivity index (χ1v) is 6.77. The average Bonchev–Trinajstić information content (AvgIpc) is 2.55. The molecule has 1 fully saturated rings. The third kappa shape index (κ3) is 3.95. The first-order valence-electron chi connectivity index (χ1n) is 6.77. The minimum Gasteiger partial charge on any atom is -0.468 e. The van der Waals surface area contributed by atoms with Gasteiger partial charge in [0.15, 0.2) is 0 Å². The molecule has 1 unspecified atom stereocenters. The molecule has 0 aromatic heterocycles. The Labute approximate surface area is 111 Å².